The average molecular weight is 311 g/mol. The summed E-state index contributed by atoms with van der Waals surface area (Å²) >= 11 is 0. The molecule has 1 atom stereocenters. The van der Waals surface area contributed by atoms with Crippen molar-refractivity contribution in [2.45, 2.75) is 17.4 Å². The summed E-state index contributed by atoms with van der Waals surface area (Å²) in [5.41, 5.74) is 0. The van der Waals surface area contributed by atoms with E-state index in [1.54, 1.807) is 30.3 Å². The molecule has 2 N–H and O–H groups in total. The van der Waals surface area contributed by atoms with Crippen LogP contribution in [-0.2, 0) is 10.0 Å². The summed E-state index contributed by atoms with van der Waals surface area (Å²) in [5, 5.41) is 9.82. The first-order chi connectivity index (χ1) is 10.0. The van der Waals surface area contributed by atoms with E-state index in [9.17, 15) is 13.5 Å². The molecule has 1 aromatic heterocycles. The lowest BCUT2D eigenvalue weighted by molar-refractivity contribution is 0.142. The molecule has 0 saturated carbocycles. The van der Waals surface area contributed by atoms with E-state index in [4.69, 9.17) is 9.15 Å². The van der Waals surface area contributed by atoms with Gasteiger partial charge in [0.2, 0.25) is 10.0 Å². The number of benzene rings is 1. The molecule has 0 radical (unpaired) electrons. The summed E-state index contributed by atoms with van der Waals surface area (Å²) in [6.45, 7) is 0.0856. The molecule has 1 unspecified atom stereocenters. The van der Waals surface area contributed by atoms with Crippen LogP contribution in [-0.4, -0.2) is 27.2 Å². The van der Waals surface area contributed by atoms with Crippen molar-refractivity contribution in [2.75, 3.05) is 13.7 Å². The number of aliphatic hydroxyl groups is 1. The normalized spacial score (nSPS) is 13.0. The molecule has 0 amide bonds. The van der Waals surface area contributed by atoms with E-state index in [1.165, 1.54) is 19.4 Å². The van der Waals surface area contributed by atoms with Crippen LogP contribution in [0.15, 0.2) is 52.0 Å². The van der Waals surface area contributed by atoms with Crippen LogP contribution in [0.4, 0.5) is 0 Å². The molecule has 114 valence electrons. The Morgan fingerprint density at radius 2 is 2.05 bits per heavy atom. The van der Waals surface area contributed by atoms with Gasteiger partial charge in [-0.1, -0.05) is 12.1 Å². The maximum Gasteiger partial charge on any atom is 0.244 e. The number of hydrogen-bond donors (Lipinski definition) is 2. The van der Waals surface area contributed by atoms with Gasteiger partial charge in [-0.3, -0.25) is 0 Å². The number of furan rings is 1. The summed E-state index contributed by atoms with van der Waals surface area (Å²) in [6, 6.07) is 9.65. The third kappa shape index (κ3) is 3.84. The van der Waals surface area contributed by atoms with Crippen LogP contribution in [0, 0.1) is 0 Å². The van der Waals surface area contributed by atoms with E-state index in [0.717, 1.165) is 0 Å². The maximum absolute atomic E-state index is 12.2. The average Bonchev–Trinajstić information content (AvgIpc) is 3.01. The smallest absolute Gasteiger partial charge is 0.244 e. The second-order valence-electron chi connectivity index (χ2n) is 4.37. The molecular weight excluding hydrogens is 294 g/mol. The third-order valence-electron chi connectivity index (χ3n) is 2.94. The Labute approximate surface area is 123 Å². The van der Waals surface area contributed by atoms with Crippen molar-refractivity contribution in [3.8, 4) is 5.75 Å². The van der Waals surface area contributed by atoms with Gasteiger partial charge in [-0.05, 0) is 30.7 Å². The lowest BCUT2D eigenvalue weighted by atomic mass is 10.2. The highest BCUT2D eigenvalue weighted by Crippen LogP contribution is 2.23. The molecule has 0 aliphatic heterocycles. The Kier molecular flexibility index (Phi) is 5.00. The van der Waals surface area contributed by atoms with Gasteiger partial charge in [0.05, 0.1) is 13.4 Å². The lowest BCUT2D eigenvalue weighted by Gasteiger charge is -2.11. The number of aliphatic hydroxyl groups excluding tert-OH is 1. The molecule has 2 aromatic rings. The number of hydrogen-bond acceptors (Lipinski definition) is 5. The summed E-state index contributed by atoms with van der Waals surface area (Å²) in [6.07, 6.45) is 0.819. The van der Waals surface area contributed by atoms with E-state index >= 15 is 0 Å². The summed E-state index contributed by atoms with van der Waals surface area (Å²) in [5.74, 6) is 0.683. The molecule has 0 aliphatic carbocycles. The molecule has 0 saturated heterocycles. The van der Waals surface area contributed by atoms with Crippen LogP contribution in [0.5, 0.6) is 5.75 Å². The Hall–Kier alpha value is -1.83. The summed E-state index contributed by atoms with van der Waals surface area (Å²) < 4.78 is 36.9. The Bertz CT molecular complexity index is 666. The van der Waals surface area contributed by atoms with Gasteiger partial charge >= 0.3 is 0 Å². The zero-order valence-corrected chi connectivity index (χ0v) is 12.3. The zero-order valence-electron chi connectivity index (χ0n) is 11.5. The van der Waals surface area contributed by atoms with E-state index in [-0.39, 0.29) is 23.6 Å². The molecule has 6 nitrogen and oxygen atoms in total. The monoisotopic (exact) mass is 311 g/mol. The lowest BCUT2D eigenvalue weighted by Crippen LogP contribution is -2.26. The van der Waals surface area contributed by atoms with Gasteiger partial charge < -0.3 is 14.3 Å². The minimum atomic E-state index is -3.68. The first kappa shape index (κ1) is 15.6. The van der Waals surface area contributed by atoms with Crippen LogP contribution < -0.4 is 9.46 Å². The highest BCUT2D eigenvalue weighted by atomic mass is 32.2. The molecule has 0 aliphatic rings. The van der Waals surface area contributed by atoms with Crippen molar-refractivity contribution < 1.29 is 22.7 Å². The van der Waals surface area contributed by atoms with Crippen molar-refractivity contribution in [1.29, 1.82) is 0 Å². The molecule has 0 bridgehead atoms. The van der Waals surface area contributed by atoms with Crippen molar-refractivity contribution >= 4 is 10.0 Å². The highest BCUT2D eigenvalue weighted by molar-refractivity contribution is 7.89. The third-order valence-corrected chi connectivity index (χ3v) is 4.44. The number of sulfonamides is 1. The van der Waals surface area contributed by atoms with E-state index in [0.29, 0.717) is 5.76 Å². The molecule has 21 heavy (non-hydrogen) atoms. The first-order valence-electron chi connectivity index (χ1n) is 6.39. The van der Waals surface area contributed by atoms with Crippen LogP contribution in [0.3, 0.4) is 0 Å². The van der Waals surface area contributed by atoms with Gasteiger partial charge in [0, 0.05) is 6.54 Å². The maximum atomic E-state index is 12.2. The molecule has 0 fully saturated rings. The molecule has 1 aromatic carbocycles. The van der Waals surface area contributed by atoms with Gasteiger partial charge in [0.1, 0.15) is 22.5 Å². The standard InChI is InChI=1S/C14H17NO5S/c1-19-13-5-2-3-7-14(13)21(17,18)15-9-8-11(16)12-6-4-10-20-12/h2-7,10-11,15-16H,8-9H2,1H3. The van der Waals surface area contributed by atoms with Crippen molar-refractivity contribution in [2.24, 2.45) is 0 Å². The molecule has 0 spiro atoms. The fourth-order valence-corrected chi connectivity index (χ4v) is 3.09. The number of para-hydroxylation sites is 1. The second kappa shape index (κ2) is 6.75. The first-order valence-corrected chi connectivity index (χ1v) is 7.87. The molecule has 2 rings (SSSR count). The predicted octanol–water partition coefficient (Wildman–Crippen LogP) is 1.69. The van der Waals surface area contributed by atoms with E-state index in [2.05, 4.69) is 4.72 Å². The topological polar surface area (TPSA) is 88.8 Å². The summed E-state index contributed by atoms with van der Waals surface area (Å²) in [7, 11) is -2.27. The van der Waals surface area contributed by atoms with Crippen LogP contribution in [0.1, 0.15) is 18.3 Å². The molecule has 1 heterocycles. The van der Waals surface area contributed by atoms with Gasteiger partial charge in [0.15, 0.2) is 0 Å². The number of methoxy groups -OCH3 is 1. The SMILES string of the molecule is COc1ccccc1S(=O)(=O)NCCC(O)c1ccco1. The summed E-state index contributed by atoms with van der Waals surface area (Å²) in [4.78, 5) is 0.0694. The number of rotatable bonds is 7. The minimum absolute atomic E-state index is 0.0694. The van der Waals surface area contributed by atoms with Gasteiger partial charge in [-0.25, -0.2) is 13.1 Å². The van der Waals surface area contributed by atoms with Crippen molar-refractivity contribution in [3.05, 3.63) is 48.4 Å². The Morgan fingerprint density at radius 3 is 2.71 bits per heavy atom. The number of nitrogens with one attached hydrogen (secondary N) is 1. The fourth-order valence-electron chi connectivity index (χ4n) is 1.87. The predicted molar refractivity (Wildman–Crippen MR) is 76.5 cm³/mol. The Morgan fingerprint density at radius 1 is 1.29 bits per heavy atom. The number of ether oxygens (including phenoxy) is 1. The van der Waals surface area contributed by atoms with Crippen LogP contribution in [0.25, 0.3) is 0 Å². The van der Waals surface area contributed by atoms with Crippen molar-refractivity contribution in [1.82, 2.24) is 4.72 Å². The largest absolute Gasteiger partial charge is 0.495 e. The highest BCUT2D eigenvalue weighted by Gasteiger charge is 2.19. The second-order valence-corrected chi connectivity index (χ2v) is 6.10. The zero-order chi connectivity index (χ0) is 15.3. The van der Waals surface area contributed by atoms with E-state index in [1.807, 2.05) is 0 Å². The fraction of sp³-hybridized carbons (Fsp3) is 0.286. The quantitative estimate of drug-likeness (QED) is 0.812. The molecule has 7 heteroatoms. The minimum Gasteiger partial charge on any atom is -0.495 e. The van der Waals surface area contributed by atoms with Gasteiger partial charge in [-0.2, -0.15) is 0 Å². The van der Waals surface area contributed by atoms with Gasteiger partial charge in [-0.15, -0.1) is 0 Å². The van der Waals surface area contributed by atoms with Crippen LogP contribution in [0.2, 0.25) is 0 Å². The van der Waals surface area contributed by atoms with Crippen LogP contribution >= 0.6 is 0 Å². The van der Waals surface area contributed by atoms with E-state index < -0.39 is 16.1 Å². The molecular formula is C14H17NO5S. The Balaban J connectivity index is 1.98. The van der Waals surface area contributed by atoms with Gasteiger partial charge in [0.25, 0.3) is 0 Å². The van der Waals surface area contributed by atoms with Crippen molar-refractivity contribution in [3.63, 3.8) is 0 Å².